The Hall–Kier alpha value is -1.92. The maximum Gasteiger partial charge on any atom is 0.280 e. The van der Waals surface area contributed by atoms with Gasteiger partial charge >= 0.3 is 0 Å². The molecular formula is C8H9F2N3O2. The number of hydrogen-bond donors (Lipinski definition) is 2. The minimum Gasteiger partial charge on any atom is -0.496 e. The van der Waals surface area contributed by atoms with Crippen molar-refractivity contribution in [2.45, 2.75) is 6.43 Å². The van der Waals surface area contributed by atoms with Gasteiger partial charge in [0.05, 0.1) is 7.11 Å². The summed E-state index contributed by atoms with van der Waals surface area (Å²) >= 11 is 0. The lowest BCUT2D eigenvalue weighted by Gasteiger charge is -2.09. The summed E-state index contributed by atoms with van der Waals surface area (Å²) < 4.78 is 29.3. The molecule has 1 amide bonds. The zero-order valence-corrected chi connectivity index (χ0v) is 7.83. The van der Waals surface area contributed by atoms with Gasteiger partial charge in [-0.3, -0.25) is 4.79 Å². The number of aromatic nitrogens is 1. The molecule has 7 heteroatoms. The van der Waals surface area contributed by atoms with Crippen molar-refractivity contribution in [3.8, 4) is 5.75 Å². The number of carbonyl (C=O) groups is 1. The van der Waals surface area contributed by atoms with Gasteiger partial charge < -0.3 is 16.2 Å². The van der Waals surface area contributed by atoms with Crippen LogP contribution in [-0.4, -0.2) is 18.0 Å². The number of alkyl halides is 2. The van der Waals surface area contributed by atoms with Crippen molar-refractivity contribution in [3.05, 3.63) is 17.3 Å². The van der Waals surface area contributed by atoms with Crippen molar-refractivity contribution >= 4 is 11.7 Å². The van der Waals surface area contributed by atoms with Gasteiger partial charge in [-0.15, -0.1) is 0 Å². The van der Waals surface area contributed by atoms with Crippen molar-refractivity contribution in [3.63, 3.8) is 0 Å². The third-order valence-corrected chi connectivity index (χ3v) is 1.72. The molecule has 0 aliphatic carbocycles. The van der Waals surface area contributed by atoms with Gasteiger partial charge in [-0.05, 0) is 0 Å². The fourth-order valence-corrected chi connectivity index (χ4v) is 1.08. The minimum atomic E-state index is -2.79. The second-order valence-electron chi connectivity index (χ2n) is 2.67. The average molecular weight is 217 g/mol. The summed E-state index contributed by atoms with van der Waals surface area (Å²) in [5.74, 6) is -1.35. The van der Waals surface area contributed by atoms with Crippen LogP contribution in [0.25, 0.3) is 0 Å². The summed E-state index contributed by atoms with van der Waals surface area (Å²) in [5, 5.41) is 0. The zero-order valence-electron chi connectivity index (χ0n) is 7.83. The van der Waals surface area contributed by atoms with Crippen LogP contribution in [0.5, 0.6) is 5.75 Å². The van der Waals surface area contributed by atoms with Crippen LogP contribution < -0.4 is 16.2 Å². The molecular weight excluding hydrogens is 208 g/mol. The number of amides is 1. The number of nitrogen functional groups attached to an aromatic ring is 1. The molecule has 0 aromatic carbocycles. The summed E-state index contributed by atoms with van der Waals surface area (Å²) in [5.41, 5.74) is 9.55. The number of halogens is 2. The number of hydrogen-bond acceptors (Lipinski definition) is 4. The van der Waals surface area contributed by atoms with Crippen molar-refractivity contribution in [1.29, 1.82) is 0 Å². The van der Waals surface area contributed by atoms with Gasteiger partial charge in [-0.2, -0.15) is 0 Å². The Morgan fingerprint density at radius 1 is 1.60 bits per heavy atom. The molecule has 4 N–H and O–H groups in total. The molecule has 0 aliphatic rings. The predicted octanol–water partition coefficient (Wildman–Crippen LogP) is 0.709. The fourth-order valence-electron chi connectivity index (χ4n) is 1.08. The van der Waals surface area contributed by atoms with Crippen LogP contribution >= 0.6 is 0 Å². The van der Waals surface area contributed by atoms with E-state index in [1.165, 1.54) is 7.11 Å². The highest BCUT2D eigenvalue weighted by Gasteiger charge is 2.19. The van der Waals surface area contributed by atoms with Crippen LogP contribution in [0.3, 0.4) is 0 Å². The fraction of sp³-hybridized carbons (Fsp3) is 0.250. The second kappa shape index (κ2) is 4.07. The standard InChI is InChI=1S/C8H9F2N3O2/c1-15-4-2-3(6(9)10)13-7(11)5(4)8(12)14/h2,6H,1H3,(H2,11,13)(H2,12,14). The molecule has 0 unspecified atom stereocenters. The smallest absolute Gasteiger partial charge is 0.280 e. The van der Waals surface area contributed by atoms with Gasteiger partial charge in [-0.1, -0.05) is 0 Å². The zero-order chi connectivity index (χ0) is 11.6. The lowest BCUT2D eigenvalue weighted by molar-refractivity contribution is 0.0997. The summed E-state index contributed by atoms with van der Waals surface area (Å²) in [6.45, 7) is 0. The summed E-state index contributed by atoms with van der Waals surface area (Å²) in [4.78, 5) is 14.3. The van der Waals surface area contributed by atoms with E-state index in [0.717, 1.165) is 6.07 Å². The van der Waals surface area contributed by atoms with Gasteiger partial charge in [0.15, 0.2) is 0 Å². The Kier molecular flexibility index (Phi) is 3.03. The van der Waals surface area contributed by atoms with Crippen LogP contribution in [-0.2, 0) is 0 Å². The Bertz CT molecular complexity index is 396. The van der Waals surface area contributed by atoms with Crippen LogP contribution in [0.1, 0.15) is 22.5 Å². The number of nitrogens with zero attached hydrogens (tertiary/aromatic N) is 1. The SMILES string of the molecule is COc1cc(C(F)F)nc(N)c1C(N)=O. The van der Waals surface area contributed by atoms with Crippen molar-refractivity contribution in [1.82, 2.24) is 4.98 Å². The average Bonchev–Trinajstić information content (AvgIpc) is 2.15. The number of pyridine rings is 1. The molecule has 0 aliphatic heterocycles. The van der Waals surface area contributed by atoms with Crippen LogP contribution in [0, 0.1) is 0 Å². The highest BCUT2D eigenvalue weighted by Crippen LogP contribution is 2.28. The third kappa shape index (κ3) is 2.12. The Labute approximate surface area is 84.0 Å². The number of carbonyl (C=O) groups excluding carboxylic acids is 1. The molecule has 1 heterocycles. The first-order valence-corrected chi connectivity index (χ1v) is 3.89. The quantitative estimate of drug-likeness (QED) is 0.779. The van der Waals surface area contributed by atoms with Gasteiger partial charge in [0.25, 0.3) is 12.3 Å². The summed E-state index contributed by atoms with van der Waals surface area (Å²) in [6, 6.07) is 0.932. The van der Waals surface area contributed by atoms with Gasteiger partial charge in [0.1, 0.15) is 22.8 Å². The number of anilines is 1. The Balaban J connectivity index is 3.37. The molecule has 0 atom stereocenters. The van der Waals surface area contributed by atoms with Crippen molar-refractivity contribution < 1.29 is 18.3 Å². The highest BCUT2D eigenvalue weighted by atomic mass is 19.3. The van der Waals surface area contributed by atoms with E-state index in [-0.39, 0.29) is 17.1 Å². The first kappa shape index (κ1) is 11.2. The maximum atomic E-state index is 12.3. The first-order chi connectivity index (χ1) is 6.97. The molecule has 0 saturated carbocycles. The number of ether oxygens (including phenoxy) is 1. The van der Waals surface area contributed by atoms with E-state index in [2.05, 4.69) is 4.98 Å². The second-order valence-corrected chi connectivity index (χ2v) is 2.67. The van der Waals surface area contributed by atoms with E-state index in [9.17, 15) is 13.6 Å². The van der Waals surface area contributed by atoms with Crippen molar-refractivity contribution in [2.24, 2.45) is 5.73 Å². The molecule has 15 heavy (non-hydrogen) atoms. The maximum absolute atomic E-state index is 12.3. The molecule has 0 bridgehead atoms. The predicted molar refractivity (Wildman–Crippen MR) is 48.7 cm³/mol. The molecule has 0 saturated heterocycles. The highest BCUT2D eigenvalue weighted by molar-refractivity contribution is 6.00. The van der Waals surface area contributed by atoms with E-state index in [1.54, 1.807) is 0 Å². The monoisotopic (exact) mass is 217 g/mol. The third-order valence-electron chi connectivity index (χ3n) is 1.72. The molecule has 1 aromatic rings. The molecule has 1 aromatic heterocycles. The van der Waals surface area contributed by atoms with E-state index >= 15 is 0 Å². The van der Waals surface area contributed by atoms with E-state index in [0.29, 0.717) is 0 Å². The molecule has 0 spiro atoms. The number of nitrogens with two attached hydrogens (primary N) is 2. The van der Waals surface area contributed by atoms with E-state index in [4.69, 9.17) is 16.2 Å². The van der Waals surface area contributed by atoms with E-state index < -0.39 is 18.0 Å². The summed E-state index contributed by atoms with van der Waals surface area (Å²) in [6.07, 6.45) is -2.79. The largest absolute Gasteiger partial charge is 0.496 e. The Morgan fingerprint density at radius 3 is 2.60 bits per heavy atom. The Morgan fingerprint density at radius 2 is 2.20 bits per heavy atom. The molecule has 0 fully saturated rings. The number of methoxy groups -OCH3 is 1. The lowest BCUT2D eigenvalue weighted by atomic mass is 10.2. The lowest BCUT2D eigenvalue weighted by Crippen LogP contribution is -2.16. The number of primary amides is 1. The van der Waals surface area contributed by atoms with Crippen LogP contribution in [0.4, 0.5) is 14.6 Å². The summed E-state index contributed by atoms with van der Waals surface area (Å²) in [7, 11) is 1.22. The minimum absolute atomic E-state index is 0.106. The molecule has 5 nitrogen and oxygen atoms in total. The molecule has 0 radical (unpaired) electrons. The van der Waals surface area contributed by atoms with Gasteiger partial charge in [0, 0.05) is 6.07 Å². The van der Waals surface area contributed by atoms with Gasteiger partial charge in [0.2, 0.25) is 0 Å². The van der Waals surface area contributed by atoms with E-state index in [1.807, 2.05) is 0 Å². The molecule has 82 valence electrons. The topological polar surface area (TPSA) is 91.2 Å². The number of rotatable bonds is 3. The van der Waals surface area contributed by atoms with Crippen LogP contribution in [0.2, 0.25) is 0 Å². The normalized spacial score (nSPS) is 10.4. The van der Waals surface area contributed by atoms with Crippen LogP contribution in [0.15, 0.2) is 6.07 Å². The molecule has 1 rings (SSSR count). The first-order valence-electron chi connectivity index (χ1n) is 3.89. The van der Waals surface area contributed by atoms with Crippen molar-refractivity contribution in [2.75, 3.05) is 12.8 Å². The van der Waals surface area contributed by atoms with Gasteiger partial charge in [-0.25, -0.2) is 13.8 Å².